The maximum Gasteiger partial charge on any atom is 0.305 e. The SMILES string of the molecule is CCc1ccccc1N1CC(C(=O)NC(CC(=O)O)c2ccc(F)cc2)CC1=O. The van der Waals surface area contributed by atoms with Crippen molar-refractivity contribution in [1.82, 2.24) is 5.32 Å². The van der Waals surface area contributed by atoms with Crippen molar-refractivity contribution < 1.29 is 23.9 Å². The molecule has 0 saturated carbocycles. The first kappa shape index (κ1) is 20.5. The minimum absolute atomic E-state index is 0.0626. The van der Waals surface area contributed by atoms with Gasteiger partial charge in [-0.25, -0.2) is 4.39 Å². The molecule has 0 radical (unpaired) electrons. The average molecular weight is 398 g/mol. The standard InChI is InChI=1S/C22H23FN2O4/c1-2-14-5-3-4-6-19(14)25-13-16(11-20(25)26)22(29)24-18(12-21(27)28)15-7-9-17(23)10-8-15/h3-10,16,18H,2,11-13H2,1H3,(H,24,29)(H,27,28). The van der Waals surface area contributed by atoms with E-state index in [1.807, 2.05) is 31.2 Å². The molecule has 2 unspecified atom stereocenters. The second kappa shape index (κ2) is 8.86. The molecule has 1 heterocycles. The van der Waals surface area contributed by atoms with Crippen molar-refractivity contribution in [2.45, 2.75) is 32.2 Å². The lowest BCUT2D eigenvalue weighted by atomic mass is 10.0. The second-order valence-corrected chi connectivity index (χ2v) is 7.10. The van der Waals surface area contributed by atoms with Crippen LogP contribution in [0.1, 0.15) is 36.9 Å². The lowest BCUT2D eigenvalue weighted by molar-refractivity contribution is -0.138. The Morgan fingerprint density at radius 2 is 1.90 bits per heavy atom. The Kier molecular flexibility index (Phi) is 6.26. The van der Waals surface area contributed by atoms with E-state index >= 15 is 0 Å². The molecule has 2 N–H and O–H groups in total. The number of aliphatic carboxylic acids is 1. The summed E-state index contributed by atoms with van der Waals surface area (Å²) in [6, 6.07) is 12.1. The molecule has 3 rings (SSSR count). The van der Waals surface area contributed by atoms with Gasteiger partial charge in [-0.1, -0.05) is 37.3 Å². The molecule has 1 saturated heterocycles. The van der Waals surface area contributed by atoms with E-state index in [1.165, 1.54) is 24.3 Å². The largest absolute Gasteiger partial charge is 0.481 e. The Balaban J connectivity index is 1.74. The Bertz CT molecular complexity index is 913. The number of hydrogen-bond acceptors (Lipinski definition) is 3. The third-order valence-corrected chi connectivity index (χ3v) is 5.13. The van der Waals surface area contributed by atoms with Gasteiger partial charge in [-0.05, 0) is 35.7 Å². The van der Waals surface area contributed by atoms with Crippen LogP contribution in [0.4, 0.5) is 10.1 Å². The Morgan fingerprint density at radius 1 is 1.21 bits per heavy atom. The summed E-state index contributed by atoms with van der Waals surface area (Å²) >= 11 is 0. The maximum atomic E-state index is 13.2. The molecule has 2 aromatic rings. The molecule has 0 bridgehead atoms. The number of carboxylic acids is 1. The number of rotatable bonds is 7. The molecular formula is C22H23FN2O4. The first-order valence-electron chi connectivity index (χ1n) is 9.55. The van der Waals surface area contributed by atoms with Crippen molar-refractivity contribution in [3.8, 4) is 0 Å². The fourth-order valence-electron chi connectivity index (χ4n) is 3.60. The average Bonchev–Trinajstić information content (AvgIpc) is 3.09. The molecule has 2 atom stereocenters. The van der Waals surface area contributed by atoms with Crippen LogP contribution >= 0.6 is 0 Å². The summed E-state index contributed by atoms with van der Waals surface area (Å²) in [5, 5.41) is 11.9. The molecular weight excluding hydrogens is 375 g/mol. The Hall–Kier alpha value is -3.22. The molecule has 2 aromatic carbocycles. The Morgan fingerprint density at radius 3 is 2.55 bits per heavy atom. The number of nitrogens with zero attached hydrogens (tertiary/aromatic N) is 1. The van der Waals surface area contributed by atoms with Gasteiger partial charge >= 0.3 is 5.97 Å². The van der Waals surface area contributed by atoms with Gasteiger partial charge in [0.05, 0.1) is 18.4 Å². The van der Waals surface area contributed by atoms with Gasteiger partial charge in [-0.2, -0.15) is 0 Å². The van der Waals surface area contributed by atoms with E-state index in [-0.39, 0.29) is 31.2 Å². The number of carbonyl (C=O) groups is 3. The van der Waals surface area contributed by atoms with E-state index in [9.17, 15) is 23.9 Å². The highest BCUT2D eigenvalue weighted by molar-refractivity contribution is 6.01. The van der Waals surface area contributed by atoms with E-state index < -0.39 is 23.7 Å². The van der Waals surface area contributed by atoms with Gasteiger partial charge in [0, 0.05) is 18.7 Å². The van der Waals surface area contributed by atoms with Crippen molar-refractivity contribution in [1.29, 1.82) is 0 Å². The van der Waals surface area contributed by atoms with E-state index in [1.54, 1.807) is 4.90 Å². The zero-order valence-corrected chi connectivity index (χ0v) is 16.1. The number of hydrogen-bond donors (Lipinski definition) is 2. The third-order valence-electron chi connectivity index (χ3n) is 5.13. The summed E-state index contributed by atoms with van der Waals surface area (Å²) in [6.07, 6.45) is 0.496. The predicted molar refractivity (Wildman–Crippen MR) is 106 cm³/mol. The van der Waals surface area contributed by atoms with Crippen molar-refractivity contribution >= 4 is 23.5 Å². The van der Waals surface area contributed by atoms with Gasteiger partial charge in [0.25, 0.3) is 0 Å². The van der Waals surface area contributed by atoms with Gasteiger partial charge in [-0.3, -0.25) is 14.4 Å². The van der Waals surface area contributed by atoms with E-state index in [4.69, 9.17) is 0 Å². The highest BCUT2D eigenvalue weighted by atomic mass is 19.1. The second-order valence-electron chi connectivity index (χ2n) is 7.10. The summed E-state index contributed by atoms with van der Waals surface area (Å²) < 4.78 is 13.2. The highest BCUT2D eigenvalue weighted by Crippen LogP contribution is 2.29. The van der Waals surface area contributed by atoms with Crippen LogP contribution < -0.4 is 10.2 Å². The van der Waals surface area contributed by atoms with Crippen LogP contribution in [0.25, 0.3) is 0 Å². The number of aryl methyl sites for hydroxylation is 1. The van der Waals surface area contributed by atoms with Gasteiger partial charge in [-0.15, -0.1) is 0 Å². The van der Waals surface area contributed by atoms with Gasteiger partial charge in [0.15, 0.2) is 0 Å². The smallest absolute Gasteiger partial charge is 0.305 e. The fraction of sp³-hybridized carbons (Fsp3) is 0.318. The number of para-hydroxylation sites is 1. The fourth-order valence-corrected chi connectivity index (χ4v) is 3.60. The molecule has 1 aliphatic rings. The molecule has 0 aromatic heterocycles. The van der Waals surface area contributed by atoms with Gasteiger partial charge < -0.3 is 15.3 Å². The normalized spacial score (nSPS) is 17.2. The molecule has 29 heavy (non-hydrogen) atoms. The molecule has 0 aliphatic carbocycles. The van der Waals surface area contributed by atoms with Crippen LogP contribution in [0.3, 0.4) is 0 Å². The van der Waals surface area contributed by atoms with Crippen LogP contribution in [-0.4, -0.2) is 29.4 Å². The highest BCUT2D eigenvalue weighted by Gasteiger charge is 2.36. The monoisotopic (exact) mass is 398 g/mol. The first-order chi connectivity index (χ1) is 13.9. The van der Waals surface area contributed by atoms with Crippen LogP contribution in [0.5, 0.6) is 0 Å². The molecule has 7 heteroatoms. The summed E-state index contributed by atoms with van der Waals surface area (Å²) in [4.78, 5) is 38.2. The minimum atomic E-state index is -1.08. The third kappa shape index (κ3) is 4.80. The summed E-state index contributed by atoms with van der Waals surface area (Å²) in [5.41, 5.74) is 2.33. The predicted octanol–water partition coefficient (Wildman–Crippen LogP) is 3.07. The topological polar surface area (TPSA) is 86.7 Å². The zero-order valence-electron chi connectivity index (χ0n) is 16.1. The van der Waals surface area contributed by atoms with Crippen LogP contribution in [0.2, 0.25) is 0 Å². The molecule has 2 amide bonds. The number of amides is 2. The van der Waals surface area contributed by atoms with Crippen molar-refractivity contribution in [3.05, 3.63) is 65.5 Å². The maximum absolute atomic E-state index is 13.2. The van der Waals surface area contributed by atoms with Crippen LogP contribution in [0, 0.1) is 11.7 Å². The van der Waals surface area contributed by atoms with E-state index in [0.29, 0.717) is 5.56 Å². The van der Waals surface area contributed by atoms with E-state index in [0.717, 1.165) is 17.7 Å². The van der Waals surface area contributed by atoms with Gasteiger partial charge in [0.1, 0.15) is 5.82 Å². The summed E-state index contributed by atoms with van der Waals surface area (Å²) in [6.45, 7) is 2.24. The van der Waals surface area contributed by atoms with Crippen molar-refractivity contribution in [2.24, 2.45) is 5.92 Å². The molecule has 152 valence electrons. The number of anilines is 1. The summed E-state index contributed by atoms with van der Waals surface area (Å²) in [7, 11) is 0. The van der Waals surface area contributed by atoms with Crippen LogP contribution in [0.15, 0.2) is 48.5 Å². The number of halogens is 1. The lowest BCUT2D eigenvalue weighted by Crippen LogP contribution is -2.36. The number of benzene rings is 2. The number of nitrogens with one attached hydrogen (secondary N) is 1. The minimum Gasteiger partial charge on any atom is -0.481 e. The number of carbonyl (C=O) groups excluding carboxylic acids is 2. The van der Waals surface area contributed by atoms with E-state index in [2.05, 4.69) is 5.32 Å². The molecule has 6 nitrogen and oxygen atoms in total. The van der Waals surface area contributed by atoms with Crippen LogP contribution in [-0.2, 0) is 20.8 Å². The Labute approximate surface area is 168 Å². The number of carboxylic acid groups (broad SMARTS) is 1. The molecule has 1 aliphatic heterocycles. The van der Waals surface area contributed by atoms with Crippen molar-refractivity contribution in [3.63, 3.8) is 0 Å². The van der Waals surface area contributed by atoms with Crippen molar-refractivity contribution in [2.75, 3.05) is 11.4 Å². The lowest BCUT2D eigenvalue weighted by Gasteiger charge is -2.21. The zero-order chi connectivity index (χ0) is 21.0. The molecule has 1 fully saturated rings. The summed E-state index contributed by atoms with van der Waals surface area (Å²) in [5.74, 6) is -2.63. The molecule has 0 spiro atoms. The van der Waals surface area contributed by atoms with Gasteiger partial charge in [0.2, 0.25) is 11.8 Å². The first-order valence-corrected chi connectivity index (χ1v) is 9.55. The quantitative estimate of drug-likeness (QED) is 0.751.